The highest BCUT2D eigenvalue weighted by molar-refractivity contribution is 6.20. The Morgan fingerprint density at radius 1 is 1.16 bits per heavy atom. The third-order valence-corrected chi connectivity index (χ3v) is 3.45. The second kappa shape index (κ2) is 6.00. The smallest absolute Gasteiger partial charge is 0.308 e. The van der Waals surface area contributed by atoms with Crippen molar-refractivity contribution in [3.8, 4) is 22.8 Å². The minimum absolute atomic E-state index is 0.0796. The lowest BCUT2D eigenvalue weighted by atomic mass is 10.1. The van der Waals surface area contributed by atoms with Gasteiger partial charge in [-0.3, -0.25) is 14.4 Å². The number of benzene rings is 1. The number of aromatic hydroxyl groups is 1. The normalized spacial score (nSPS) is 14.3. The third kappa shape index (κ3) is 2.95. The van der Waals surface area contributed by atoms with E-state index in [0.29, 0.717) is 11.0 Å². The number of furan rings is 1. The third-order valence-electron chi connectivity index (χ3n) is 3.45. The number of esters is 1. The molecule has 2 aromatic rings. The van der Waals surface area contributed by atoms with Gasteiger partial charge in [0.2, 0.25) is 23.3 Å². The molecule has 1 aliphatic rings. The number of hydrogen-bond donors (Lipinski definition) is 1. The van der Waals surface area contributed by atoms with Crippen LogP contribution in [0.2, 0.25) is 0 Å². The van der Waals surface area contributed by atoms with Crippen molar-refractivity contribution >= 4 is 23.7 Å². The maximum Gasteiger partial charge on any atom is 0.308 e. The molecule has 1 fully saturated rings. The highest BCUT2D eigenvalue weighted by Gasteiger charge is 2.38. The van der Waals surface area contributed by atoms with Crippen LogP contribution in [0.25, 0.3) is 11.3 Å². The van der Waals surface area contributed by atoms with Crippen LogP contribution in [-0.4, -0.2) is 22.9 Å². The molecule has 0 saturated carbocycles. The van der Waals surface area contributed by atoms with Gasteiger partial charge in [0.05, 0.1) is 0 Å². The first-order chi connectivity index (χ1) is 11.8. The zero-order valence-corrected chi connectivity index (χ0v) is 12.8. The maximum absolute atomic E-state index is 13.4. The molecule has 1 saturated heterocycles. The molecule has 9 heteroatoms. The largest absolute Gasteiger partial charge is 0.502 e. The molecule has 3 rings (SSSR count). The van der Waals surface area contributed by atoms with E-state index in [0.717, 1.165) is 19.1 Å². The highest BCUT2D eigenvalue weighted by atomic mass is 19.1. The van der Waals surface area contributed by atoms with Crippen molar-refractivity contribution in [1.82, 2.24) is 0 Å². The van der Waals surface area contributed by atoms with Crippen LogP contribution in [0, 0.1) is 11.6 Å². The molecular formula is C16H11F2NO6. The fourth-order valence-electron chi connectivity index (χ4n) is 2.46. The molecule has 0 radical (unpaired) electrons. The van der Waals surface area contributed by atoms with Crippen molar-refractivity contribution in [2.45, 2.75) is 19.8 Å². The van der Waals surface area contributed by atoms with E-state index in [1.807, 2.05) is 0 Å². The number of anilines is 1. The molecule has 130 valence electrons. The van der Waals surface area contributed by atoms with E-state index in [1.165, 1.54) is 0 Å². The average Bonchev–Trinajstić information content (AvgIpc) is 2.99. The van der Waals surface area contributed by atoms with E-state index in [9.17, 15) is 28.3 Å². The summed E-state index contributed by atoms with van der Waals surface area (Å²) >= 11 is 0. The van der Waals surface area contributed by atoms with Gasteiger partial charge in [-0.25, -0.2) is 13.7 Å². The molecule has 0 bridgehead atoms. The van der Waals surface area contributed by atoms with Crippen molar-refractivity contribution in [3.05, 3.63) is 29.8 Å². The molecule has 7 nitrogen and oxygen atoms in total. The van der Waals surface area contributed by atoms with E-state index < -0.39 is 52.6 Å². The van der Waals surface area contributed by atoms with E-state index >= 15 is 0 Å². The summed E-state index contributed by atoms with van der Waals surface area (Å²) in [5.41, 5.74) is -0.200. The van der Waals surface area contributed by atoms with Crippen LogP contribution in [-0.2, 0) is 14.4 Å². The van der Waals surface area contributed by atoms with E-state index in [-0.39, 0.29) is 18.4 Å². The monoisotopic (exact) mass is 351 g/mol. The van der Waals surface area contributed by atoms with Gasteiger partial charge in [0, 0.05) is 31.4 Å². The Morgan fingerprint density at radius 2 is 1.72 bits per heavy atom. The minimum atomic E-state index is -0.935. The minimum Gasteiger partial charge on any atom is -0.502 e. The van der Waals surface area contributed by atoms with Gasteiger partial charge in [-0.1, -0.05) is 0 Å². The Balaban J connectivity index is 2.19. The molecule has 25 heavy (non-hydrogen) atoms. The molecule has 2 heterocycles. The molecule has 1 aromatic carbocycles. The number of ether oxygens (including phenoxy) is 1. The topological polar surface area (TPSA) is 97.0 Å². The summed E-state index contributed by atoms with van der Waals surface area (Å²) < 4.78 is 37.0. The lowest BCUT2D eigenvalue weighted by molar-refractivity contribution is -0.132. The van der Waals surface area contributed by atoms with E-state index in [2.05, 4.69) is 0 Å². The summed E-state index contributed by atoms with van der Waals surface area (Å²) in [7, 11) is 0. The number of carbonyl (C=O) groups excluding carboxylic acids is 3. The molecule has 1 aliphatic heterocycles. The standard InChI is InChI=1S/C16H11F2NO6/c1-7(20)24-15-13(23)14(8-4-9(17)6-10(18)5-8)25-16(15)19-11(21)2-3-12(19)22/h4-6,23H,2-3H2,1H3. The number of imide groups is 1. The second-order valence-corrected chi connectivity index (χ2v) is 5.29. The number of halogens is 2. The van der Waals surface area contributed by atoms with Crippen LogP contribution in [0.15, 0.2) is 22.6 Å². The zero-order valence-electron chi connectivity index (χ0n) is 12.8. The Hall–Kier alpha value is -3.23. The highest BCUT2D eigenvalue weighted by Crippen LogP contribution is 2.49. The van der Waals surface area contributed by atoms with Gasteiger partial charge in [-0.05, 0) is 12.1 Å². The lowest BCUT2D eigenvalue weighted by Crippen LogP contribution is -2.28. The van der Waals surface area contributed by atoms with E-state index in [4.69, 9.17) is 9.15 Å². The molecule has 0 atom stereocenters. The van der Waals surface area contributed by atoms with Crippen LogP contribution in [0.4, 0.5) is 14.7 Å². The van der Waals surface area contributed by atoms with Crippen molar-refractivity contribution in [3.63, 3.8) is 0 Å². The fourth-order valence-corrected chi connectivity index (χ4v) is 2.46. The Bertz CT molecular complexity index is 868. The molecule has 1 aromatic heterocycles. The van der Waals surface area contributed by atoms with Gasteiger partial charge < -0.3 is 14.3 Å². The zero-order chi connectivity index (χ0) is 18.3. The van der Waals surface area contributed by atoms with Crippen LogP contribution in [0.1, 0.15) is 19.8 Å². The Morgan fingerprint density at radius 3 is 2.24 bits per heavy atom. The Labute approximate surface area is 139 Å². The Kier molecular flexibility index (Phi) is 3.99. The first kappa shape index (κ1) is 16.6. The SMILES string of the molecule is CC(=O)Oc1c(N2C(=O)CCC2=O)oc(-c2cc(F)cc(F)c2)c1O. The van der Waals surface area contributed by atoms with Crippen LogP contribution in [0.3, 0.4) is 0 Å². The van der Waals surface area contributed by atoms with Gasteiger partial charge in [0.15, 0.2) is 5.76 Å². The van der Waals surface area contributed by atoms with Crippen LogP contribution < -0.4 is 9.64 Å². The van der Waals surface area contributed by atoms with Crippen molar-refractivity contribution < 1.29 is 37.4 Å². The second-order valence-electron chi connectivity index (χ2n) is 5.29. The summed E-state index contributed by atoms with van der Waals surface area (Å²) in [6, 6.07) is 2.36. The van der Waals surface area contributed by atoms with Crippen LogP contribution >= 0.6 is 0 Å². The number of nitrogens with zero attached hydrogens (tertiary/aromatic N) is 1. The predicted molar refractivity (Wildman–Crippen MR) is 78.8 cm³/mol. The van der Waals surface area contributed by atoms with Gasteiger partial charge >= 0.3 is 5.97 Å². The van der Waals surface area contributed by atoms with Gasteiger partial charge in [-0.2, -0.15) is 0 Å². The predicted octanol–water partition coefficient (Wildman–Crippen LogP) is 2.51. The van der Waals surface area contributed by atoms with Crippen molar-refractivity contribution in [1.29, 1.82) is 0 Å². The summed E-state index contributed by atoms with van der Waals surface area (Å²) in [5.74, 6) is -6.26. The van der Waals surface area contributed by atoms with E-state index in [1.54, 1.807) is 0 Å². The first-order valence-corrected chi connectivity index (χ1v) is 7.14. The first-order valence-electron chi connectivity index (χ1n) is 7.14. The summed E-state index contributed by atoms with van der Waals surface area (Å²) in [4.78, 5) is 35.7. The average molecular weight is 351 g/mol. The van der Waals surface area contributed by atoms with Gasteiger partial charge in [0.1, 0.15) is 11.6 Å². The van der Waals surface area contributed by atoms with Crippen molar-refractivity contribution in [2.75, 3.05) is 4.90 Å². The van der Waals surface area contributed by atoms with Crippen LogP contribution in [0.5, 0.6) is 11.5 Å². The molecule has 1 N–H and O–H groups in total. The molecule has 0 aliphatic carbocycles. The molecular weight excluding hydrogens is 340 g/mol. The molecule has 0 spiro atoms. The van der Waals surface area contributed by atoms with Gasteiger partial charge in [-0.15, -0.1) is 0 Å². The number of amides is 2. The molecule has 2 amide bonds. The lowest BCUT2D eigenvalue weighted by Gasteiger charge is -2.11. The fraction of sp³-hybridized carbons (Fsp3) is 0.188. The number of carbonyl (C=O) groups is 3. The number of rotatable bonds is 3. The molecule has 0 unspecified atom stereocenters. The number of hydrogen-bond acceptors (Lipinski definition) is 6. The van der Waals surface area contributed by atoms with Gasteiger partial charge in [0.25, 0.3) is 5.88 Å². The quantitative estimate of drug-likeness (QED) is 0.674. The summed E-state index contributed by atoms with van der Waals surface area (Å²) in [6.07, 6.45) is -0.159. The maximum atomic E-state index is 13.4. The summed E-state index contributed by atoms with van der Waals surface area (Å²) in [6.45, 7) is 1.03. The van der Waals surface area contributed by atoms with Crippen molar-refractivity contribution in [2.24, 2.45) is 0 Å². The summed E-state index contributed by atoms with van der Waals surface area (Å²) in [5, 5.41) is 10.3.